The molecule has 4 nitrogen and oxygen atoms in total. The van der Waals surface area contributed by atoms with Crippen LogP contribution in [0.2, 0.25) is 0 Å². The Hall–Kier alpha value is -3.11. The van der Waals surface area contributed by atoms with E-state index >= 15 is 0 Å². The fourth-order valence-corrected chi connectivity index (χ4v) is 3.34. The van der Waals surface area contributed by atoms with E-state index in [4.69, 9.17) is 14.5 Å². The average Bonchev–Trinajstić information content (AvgIpc) is 2.86. The van der Waals surface area contributed by atoms with Crippen LogP contribution in [0.3, 0.4) is 0 Å². The molecule has 1 aliphatic rings. The summed E-state index contributed by atoms with van der Waals surface area (Å²) in [6.45, 7) is 5.63. The van der Waals surface area contributed by atoms with E-state index in [2.05, 4.69) is 43.0 Å². The van der Waals surface area contributed by atoms with Crippen molar-refractivity contribution in [1.29, 1.82) is 0 Å². The molecule has 4 rings (SSSR count). The van der Waals surface area contributed by atoms with Crippen molar-refractivity contribution >= 4 is 11.4 Å². The van der Waals surface area contributed by atoms with Gasteiger partial charge >= 0.3 is 0 Å². The highest BCUT2D eigenvalue weighted by molar-refractivity contribution is 6.16. The van der Waals surface area contributed by atoms with Gasteiger partial charge < -0.3 is 14.4 Å². The van der Waals surface area contributed by atoms with E-state index in [1.165, 1.54) is 5.56 Å². The Morgan fingerprint density at radius 2 is 1.72 bits per heavy atom. The minimum atomic E-state index is 0.628. The number of rotatable bonds is 5. The third kappa shape index (κ3) is 4.17. The first-order valence-corrected chi connectivity index (χ1v) is 9.86. The number of likely N-dealkylation sites (N-methyl/N-ethyl adjacent to an activating group) is 1. The number of nitrogens with zero attached hydrogens (tertiary/aromatic N) is 2. The summed E-state index contributed by atoms with van der Waals surface area (Å²) >= 11 is 0. The van der Waals surface area contributed by atoms with Crippen molar-refractivity contribution in [3.05, 3.63) is 82.9 Å². The summed E-state index contributed by atoms with van der Waals surface area (Å²) in [7, 11) is 4.08. The van der Waals surface area contributed by atoms with Gasteiger partial charge in [0, 0.05) is 17.7 Å². The van der Waals surface area contributed by atoms with Crippen LogP contribution >= 0.6 is 0 Å². The van der Waals surface area contributed by atoms with Gasteiger partial charge in [0.25, 0.3) is 0 Å². The molecule has 29 heavy (non-hydrogen) atoms. The zero-order valence-corrected chi connectivity index (χ0v) is 17.4. The standard InChI is InChI=1S/C25H26N2O2/c1-17-9-11-19(12-10-17)24-21-16-20(28-14-13-27(3)4)15-18(2)25(21)29-23-8-6-5-7-22(23)26-24/h5-12,15-16H,13-14H2,1-4H3. The molecule has 0 fully saturated rings. The molecule has 0 aromatic heterocycles. The smallest absolute Gasteiger partial charge is 0.153 e. The lowest BCUT2D eigenvalue weighted by Gasteiger charge is -2.16. The van der Waals surface area contributed by atoms with Crippen molar-refractivity contribution in [1.82, 2.24) is 4.90 Å². The summed E-state index contributed by atoms with van der Waals surface area (Å²) in [5, 5.41) is 0. The molecule has 0 unspecified atom stereocenters. The number of hydrogen-bond acceptors (Lipinski definition) is 4. The fraction of sp³-hybridized carbons (Fsp3) is 0.240. The van der Waals surface area contributed by atoms with E-state index in [9.17, 15) is 0 Å². The number of hydrogen-bond donors (Lipinski definition) is 0. The fourth-order valence-electron chi connectivity index (χ4n) is 3.34. The number of benzene rings is 3. The maximum atomic E-state index is 6.33. The SMILES string of the molecule is Cc1ccc(C2=Nc3ccccc3Oc3c(C)cc(OCCN(C)C)cc32)cc1. The van der Waals surface area contributed by atoms with Gasteiger partial charge in [-0.25, -0.2) is 4.99 Å². The van der Waals surface area contributed by atoms with Crippen molar-refractivity contribution in [3.63, 3.8) is 0 Å². The van der Waals surface area contributed by atoms with Crippen LogP contribution in [0.5, 0.6) is 17.2 Å². The molecule has 0 atom stereocenters. The molecular weight excluding hydrogens is 360 g/mol. The number of aryl methyl sites for hydroxylation is 2. The third-order valence-electron chi connectivity index (χ3n) is 4.95. The monoisotopic (exact) mass is 386 g/mol. The maximum absolute atomic E-state index is 6.33. The van der Waals surface area contributed by atoms with Crippen molar-refractivity contribution in [2.24, 2.45) is 4.99 Å². The van der Waals surface area contributed by atoms with Crippen LogP contribution in [0, 0.1) is 13.8 Å². The minimum Gasteiger partial charge on any atom is -0.492 e. The number of fused-ring (bicyclic) bond motifs is 2. The van der Waals surface area contributed by atoms with E-state index in [-0.39, 0.29) is 0 Å². The quantitative estimate of drug-likeness (QED) is 0.453. The van der Waals surface area contributed by atoms with Crippen molar-refractivity contribution in [2.45, 2.75) is 13.8 Å². The molecule has 148 valence electrons. The highest BCUT2D eigenvalue weighted by Crippen LogP contribution is 2.41. The molecule has 0 saturated carbocycles. The highest BCUT2D eigenvalue weighted by atomic mass is 16.5. The van der Waals surface area contributed by atoms with Gasteiger partial charge in [-0.05, 0) is 57.8 Å². The molecule has 0 saturated heterocycles. The molecule has 3 aromatic rings. The molecule has 0 spiro atoms. The van der Waals surface area contributed by atoms with Crippen LogP contribution in [-0.2, 0) is 0 Å². The summed E-state index contributed by atoms with van der Waals surface area (Å²) in [6.07, 6.45) is 0. The van der Waals surface area contributed by atoms with Gasteiger partial charge in [0.1, 0.15) is 23.8 Å². The van der Waals surface area contributed by atoms with Gasteiger partial charge in [0.05, 0.1) is 5.71 Å². The summed E-state index contributed by atoms with van der Waals surface area (Å²) in [5.41, 5.74) is 5.97. The Morgan fingerprint density at radius 1 is 0.966 bits per heavy atom. The van der Waals surface area contributed by atoms with E-state index < -0.39 is 0 Å². The molecule has 3 aromatic carbocycles. The van der Waals surface area contributed by atoms with Crippen molar-refractivity contribution in [3.8, 4) is 17.2 Å². The predicted octanol–water partition coefficient (Wildman–Crippen LogP) is 5.52. The Kier molecular flexibility index (Phi) is 5.36. The van der Waals surface area contributed by atoms with Crippen LogP contribution in [0.15, 0.2) is 65.7 Å². The molecular formula is C25H26N2O2. The third-order valence-corrected chi connectivity index (χ3v) is 4.95. The molecule has 0 amide bonds. The minimum absolute atomic E-state index is 0.628. The van der Waals surface area contributed by atoms with Crippen molar-refractivity contribution in [2.75, 3.05) is 27.2 Å². The molecule has 0 bridgehead atoms. The largest absolute Gasteiger partial charge is 0.492 e. The Bertz CT molecular complexity index is 1050. The first-order chi connectivity index (χ1) is 14.0. The molecule has 0 radical (unpaired) electrons. The van der Waals surface area contributed by atoms with Gasteiger partial charge in [0.2, 0.25) is 0 Å². The second-order valence-corrected chi connectivity index (χ2v) is 7.66. The van der Waals surface area contributed by atoms with E-state index in [0.29, 0.717) is 6.61 Å². The van der Waals surface area contributed by atoms with Gasteiger partial charge in [0.15, 0.2) is 5.75 Å². The Labute approximate surface area is 172 Å². The zero-order chi connectivity index (χ0) is 20.4. The molecule has 0 aliphatic carbocycles. The second kappa shape index (κ2) is 8.10. The molecule has 1 heterocycles. The van der Waals surface area contributed by atoms with E-state index in [1.54, 1.807) is 0 Å². The van der Waals surface area contributed by atoms with Crippen molar-refractivity contribution < 1.29 is 9.47 Å². The lowest BCUT2D eigenvalue weighted by atomic mass is 9.98. The normalized spacial score (nSPS) is 12.5. The topological polar surface area (TPSA) is 34.1 Å². The van der Waals surface area contributed by atoms with Gasteiger partial charge in [-0.1, -0.05) is 42.0 Å². The van der Waals surface area contributed by atoms with Crippen LogP contribution < -0.4 is 9.47 Å². The van der Waals surface area contributed by atoms with Crippen LogP contribution in [0.1, 0.15) is 22.3 Å². The summed E-state index contributed by atoms with van der Waals surface area (Å²) in [6, 6.07) is 20.4. The van der Waals surface area contributed by atoms with Crippen LogP contribution in [0.4, 0.5) is 5.69 Å². The van der Waals surface area contributed by atoms with Gasteiger partial charge in [-0.2, -0.15) is 0 Å². The molecule has 0 N–H and O–H groups in total. The van der Waals surface area contributed by atoms with E-state index in [0.717, 1.165) is 51.9 Å². The summed E-state index contributed by atoms with van der Waals surface area (Å²) < 4.78 is 12.4. The predicted molar refractivity (Wildman–Crippen MR) is 118 cm³/mol. The highest BCUT2D eigenvalue weighted by Gasteiger charge is 2.22. The first-order valence-electron chi connectivity index (χ1n) is 9.86. The first kappa shape index (κ1) is 19.2. The summed E-state index contributed by atoms with van der Waals surface area (Å²) in [4.78, 5) is 7.11. The van der Waals surface area contributed by atoms with Gasteiger partial charge in [-0.15, -0.1) is 0 Å². The Morgan fingerprint density at radius 3 is 2.48 bits per heavy atom. The average molecular weight is 386 g/mol. The lowest BCUT2D eigenvalue weighted by Crippen LogP contribution is -2.19. The lowest BCUT2D eigenvalue weighted by molar-refractivity contribution is 0.261. The van der Waals surface area contributed by atoms with Gasteiger partial charge in [-0.3, -0.25) is 0 Å². The summed E-state index contributed by atoms with van der Waals surface area (Å²) in [5.74, 6) is 2.42. The Balaban J connectivity index is 1.84. The second-order valence-electron chi connectivity index (χ2n) is 7.66. The maximum Gasteiger partial charge on any atom is 0.153 e. The molecule has 4 heteroatoms. The number of ether oxygens (including phenoxy) is 2. The number of aliphatic imine (C=N–C) groups is 1. The number of para-hydroxylation sites is 2. The van der Waals surface area contributed by atoms with E-state index in [1.807, 2.05) is 50.5 Å². The zero-order valence-electron chi connectivity index (χ0n) is 17.4. The van der Waals surface area contributed by atoms with Crippen LogP contribution in [-0.4, -0.2) is 37.9 Å². The molecule has 1 aliphatic heterocycles. The van der Waals surface area contributed by atoms with Crippen LogP contribution in [0.25, 0.3) is 0 Å².